The summed E-state index contributed by atoms with van der Waals surface area (Å²) < 4.78 is 17.2. The van der Waals surface area contributed by atoms with Gasteiger partial charge in [0.15, 0.2) is 5.79 Å². The van der Waals surface area contributed by atoms with Crippen LogP contribution in [0.3, 0.4) is 0 Å². The molecule has 1 aromatic rings. The third kappa shape index (κ3) is 2.61. The summed E-state index contributed by atoms with van der Waals surface area (Å²) in [6.45, 7) is 1.44. The Morgan fingerprint density at radius 3 is 2.65 bits per heavy atom. The van der Waals surface area contributed by atoms with Crippen LogP contribution in [0.1, 0.15) is 30.9 Å². The summed E-state index contributed by atoms with van der Waals surface area (Å²) in [6.07, 6.45) is 3.31. The quantitative estimate of drug-likeness (QED) is 0.795. The van der Waals surface area contributed by atoms with Gasteiger partial charge in [0.25, 0.3) is 0 Å². The maximum atomic E-state index is 6.03. The predicted molar refractivity (Wildman–Crippen MR) is 76.2 cm³/mol. The highest BCUT2D eigenvalue weighted by Gasteiger charge is 2.42. The zero-order valence-corrected chi connectivity index (χ0v) is 12.2. The molecule has 4 nitrogen and oxygen atoms in total. The van der Waals surface area contributed by atoms with Gasteiger partial charge in [0.2, 0.25) is 0 Å². The summed E-state index contributed by atoms with van der Waals surface area (Å²) in [4.78, 5) is 2.34. The van der Waals surface area contributed by atoms with Crippen LogP contribution in [-0.4, -0.2) is 44.2 Å². The Kier molecular flexibility index (Phi) is 4.08. The highest BCUT2D eigenvalue weighted by atomic mass is 16.7. The molecule has 2 aliphatic rings. The average Bonchev–Trinajstić information content (AvgIpc) is 2.54. The largest absolute Gasteiger partial charge is 0.358 e. The molecule has 0 bridgehead atoms. The molecule has 3 rings (SSSR count). The van der Waals surface area contributed by atoms with Crippen molar-refractivity contribution in [3.63, 3.8) is 0 Å². The molecule has 2 fully saturated rings. The van der Waals surface area contributed by atoms with Crippen molar-refractivity contribution in [3.05, 3.63) is 35.9 Å². The Morgan fingerprint density at radius 2 is 1.95 bits per heavy atom. The van der Waals surface area contributed by atoms with Crippen LogP contribution in [0.15, 0.2) is 30.3 Å². The smallest absolute Gasteiger partial charge is 0.180 e. The van der Waals surface area contributed by atoms with Gasteiger partial charge in [-0.1, -0.05) is 30.3 Å². The molecule has 0 N–H and O–H groups in total. The van der Waals surface area contributed by atoms with Gasteiger partial charge in [0.1, 0.15) is 6.73 Å². The van der Waals surface area contributed by atoms with Crippen LogP contribution >= 0.6 is 0 Å². The Hall–Kier alpha value is -0.940. The molecule has 4 heteroatoms. The second-order valence-corrected chi connectivity index (χ2v) is 5.69. The lowest BCUT2D eigenvalue weighted by Crippen LogP contribution is -2.57. The second kappa shape index (κ2) is 5.82. The number of piperidine rings is 1. The zero-order valence-electron chi connectivity index (χ0n) is 12.2. The van der Waals surface area contributed by atoms with Crippen molar-refractivity contribution in [2.24, 2.45) is 0 Å². The summed E-state index contributed by atoms with van der Waals surface area (Å²) in [6, 6.07) is 11.1. The second-order valence-electron chi connectivity index (χ2n) is 5.69. The van der Waals surface area contributed by atoms with Crippen LogP contribution in [0.5, 0.6) is 0 Å². The van der Waals surface area contributed by atoms with Gasteiger partial charge < -0.3 is 14.2 Å². The molecule has 20 heavy (non-hydrogen) atoms. The Labute approximate surface area is 120 Å². The van der Waals surface area contributed by atoms with E-state index >= 15 is 0 Å². The van der Waals surface area contributed by atoms with E-state index in [4.69, 9.17) is 14.2 Å². The SMILES string of the molecule is COC1(OC)CCC2CC(c3ccccc3)OCN2C1. The van der Waals surface area contributed by atoms with Crippen LogP contribution in [0.4, 0.5) is 0 Å². The van der Waals surface area contributed by atoms with Crippen molar-refractivity contribution >= 4 is 0 Å². The summed E-state index contributed by atoms with van der Waals surface area (Å²) in [5.41, 5.74) is 1.28. The Morgan fingerprint density at radius 1 is 1.20 bits per heavy atom. The molecular formula is C16H23NO3. The van der Waals surface area contributed by atoms with Gasteiger partial charge >= 0.3 is 0 Å². The van der Waals surface area contributed by atoms with Crippen molar-refractivity contribution in [1.29, 1.82) is 0 Å². The number of fused-ring (bicyclic) bond motifs is 1. The van der Waals surface area contributed by atoms with Gasteiger partial charge in [-0.15, -0.1) is 0 Å². The van der Waals surface area contributed by atoms with Crippen LogP contribution in [0, 0.1) is 0 Å². The van der Waals surface area contributed by atoms with Gasteiger partial charge in [0, 0.05) is 26.7 Å². The van der Waals surface area contributed by atoms with E-state index in [9.17, 15) is 0 Å². The maximum absolute atomic E-state index is 6.03. The van der Waals surface area contributed by atoms with Crippen molar-refractivity contribution in [2.45, 2.75) is 37.2 Å². The van der Waals surface area contributed by atoms with Crippen molar-refractivity contribution in [1.82, 2.24) is 4.90 Å². The van der Waals surface area contributed by atoms with Gasteiger partial charge in [-0.05, 0) is 18.4 Å². The first-order valence-electron chi connectivity index (χ1n) is 7.27. The average molecular weight is 277 g/mol. The van der Waals surface area contributed by atoms with Crippen LogP contribution in [-0.2, 0) is 14.2 Å². The van der Waals surface area contributed by atoms with Gasteiger partial charge in [-0.2, -0.15) is 0 Å². The van der Waals surface area contributed by atoms with Gasteiger partial charge in [-0.25, -0.2) is 0 Å². The first-order chi connectivity index (χ1) is 9.76. The standard InChI is InChI=1S/C16H23NO3/c1-18-16(19-2)9-8-14-10-15(20-12-17(14)11-16)13-6-4-3-5-7-13/h3-7,14-15H,8-12H2,1-2H3. The number of hydrogen-bond donors (Lipinski definition) is 0. The number of methoxy groups -OCH3 is 2. The number of rotatable bonds is 3. The number of nitrogens with zero attached hydrogens (tertiary/aromatic N) is 1. The van der Waals surface area contributed by atoms with E-state index in [1.807, 2.05) is 6.07 Å². The number of ether oxygens (including phenoxy) is 3. The Bertz CT molecular complexity index is 433. The molecule has 110 valence electrons. The highest BCUT2D eigenvalue weighted by Crippen LogP contribution is 2.37. The third-order valence-electron chi connectivity index (χ3n) is 4.66. The fourth-order valence-electron chi connectivity index (χ4n) is 3.32. The summed E-state index contributed by atoms with van der Waals surface area (Å²) in [7, 11) is 3.45. The van der Waals surface area contributed by atoms with Crippen LogP contribution in [0.2, 0.25) is 0 Å². The third-order valence-corrected chi connectivity index (χ3v) is 4.66. The fraction of sp³-hybridized carbons (Fsp3) is 0.625. The normalized spacial score (nSPS) is 29.9. The molecule has 2 atom stereocenters. The topological polar surface area (TPSA) is 30.9 Å². The van der Waals surface area contributed by atoms with Crippen LogP contribution < -0.4 is 0 Å². The van der Waals surface area contributed by atoms with E-state index in [0.29, 0.717) is 12.8 Å². The van der Waals surface area contributed by atoms with Crippen LogP contribution in [0.25, 0.3) is 0 Å². The lowest BCUT2D eigenvalue weighted by atomic mass is 9.90. The molecular weight excluding hydrogens is 254 g/mol. The molecule has 0 radical (unpaired) electrons. The minimum absolute atomic E-state index is 0.218. The molecule has 1 aromatic carbocycles. The number of hydrogen-bond acceptors (Lipinski definition) is 4. The summed E-state index contributed by atoms with van der Waals surface area (Å²) >= 11 is 0. The molecule has 0 spiro atoms. The monoisotopic (exact) mass is 277 g/mol. The van der Waals surface area contributed by atoms with E-state index in [1.165, 1.54) is 5.56 Å². The van der Waals surface area contributed by atoms with E-state index in [1.54, 1.807) is 14.2 Å². The molecule has 0 saturated carbocycles. The lowest BCUT2D eigenvalue weighted by molar-refractivity contribution is -0.258. The predicted octanol–water partition coefficient (Wildman–Crippen LogP) is 2.56. The summed E-state index contributed by atoms with van der Waals surface area (Å²) in [5.74, 6) is -0.459. The molecule has 0 aliphatic carbocycles. The highest BCUT2D eigenvalue weighted by molar-refractivity contribution is 5.18. The van der Waals surface area contributed by atoms with E-state index in [2.05, 4.69) is 29.2 Å². The minimum atomic E-state index is -0.459. The first-order valence-corrected chi connectivity index (χ1v) is 7.27. The van der Waals surface area contributed by atoms with E-state index in [-0.39, 0.29) is 6.10 Å². The fourth-order valence-corrected chi connectivity index (χ4v) is 3.32. The maximum Gasteiger partial charge on any atom is 0.180 e. The Balaban J connectivity index is 1.67. The van der Waals surface area contributed by atoms with Gasteiger partial charge in [0.05, 0.1) is 12.6 Å². The van der Waals surface area contributed by atoms with E-state index < -0.39 is 5.79 Å². The minimum Gasteiger partial charge on any atom is -0.358 e. The number of benzene rings is 1. The van der Waals surface area contributed by atoms with Crippen molar-refractivity contribution in [3.8, 4) is 0 Å². The molecule has 2 heterocycles. The molecule has 2 saturated heterocycles. The summed E-state index contributed by atoms with van der Waals surface area (Å²) in [5, 5.41) is 0. The van der Waals surface area contributed by atoms with Crippen molar-refractivity contribution < 1.29 is 14.2 Å². The first kappa shape index (κ1) is 14.0. The van der Waals surface area contributed by atoms with Crippen molar-refractivity contribution in [2.75, 3.05) is 27.5 Å². The van der Waals surface area contributed by atoms with Gasteiger partial charge in [-0.3, -0.25) is 4.90 Å². The lowest BCUT2D eigenvalue weighted by Gasteiger charge is -2.48. The molecule has 0 aromatic heterocycles. The van der Waals surface area contributed by atoms with E-state index in [0.717, 1.165) is 25.8 Å². The molecule has 2 aliphatic heterocycles. The molecule has 2 unspecified atom stereocenters. The zero-order chi connectivity index (χ0) is 14.0. The molecule has 0 amide bonds.